The van der Waals surface area contributed by atoms with Crippen LogP contribution in [0.4, 0.5) is 0 Å². The molecule has 1 aliphatic heterocycles. The SMILES string of the molecule is CC(C(N)=S)N1CCN(Cc2ccc(I)cc2)CC1. The van der Waals surface area contributed by atoms with Crippen LogP contribution in [0.15, 0.2) is 24.3 Å². The van der Waals surface area contributed by atoms with Crippen LogP contribution in [0.3, 0.4) is 0 Å². The van der Waals surface area contributed by atoms with Crippen molar-refractivity contribution in [3.05, 3.63) is 33.4 Å². The smallest absolute Gasteiger partial charge is 0.0899 e. The maximum Gasteiger partial charge on any atom is 0.0899 e. The predicted octanol–water partition coefficient (Wildman–Crippen LogP) is 2.08. The Bertz CT molecular complexity index is 427. The van der Waals surface area contributed by atoms with Gasteiger partial charge < -0.3 is 5.73 Å². The summed E-state index contributed by atoms with van der Waals surface area (Å²) in [5, 5.41) is 0. The molecule has 0 radical (unpaired) electrons. The monoisotopic (exact) mass is 389 g/mol. The van der Waals surface area contributed by atoms with E-state index in [2.05, 4.69) is 63.6 Å². The van der Waals surface area contributed by atoms with Crippen LogP contribution in [-0.2, 0) is 6.54 Å². The number of benzene rings is 1. The van der Waals surface area contributed by atoms with Gasteiger partial charge in [-0.25, -0.2) is 0 Å². The van der Waals surface area contributed by atoms with Crippen LogP contribution in [0.1, 0.15) is 12.5 Å². The minimum Gasteiger partial charge on any atom is -0.392 e. The van der Waals surface area contributed by atoms with Gasteiger partial charge in [-0.05, 0) is 47.2 Å². The second-order valence-electron chi connectivity index (χ2n) is 5.02. The third-order valence-corrected chi connectivity index (χ3v) is 4.75. The molecule has 5 heteroatoms. The van der Waals surface area contributed by atoms with Gasteiger partial charge in [-0.2, -0.15) is 0 Å². The second-order valence-corrected chi connectivity index (χ2v) is 6.73. The molecule has 1 atom stereocenters. The van der Waals surface area contributed by atoms with Crippen LogP contribution in [0, 0.1) is 3.57 Å². The Kier molecular flexibility index (Phi) is 5.56. The average Bonchev–Trinajstić information content (AvgIpc) is 2.41. The molecule has 3 nitrogen and oxygen atoms in total. The van der Waals surface area contributed by atoms with Gasteiger partial charge >= 0.3 is 0 Å². The van der Waals surface area contributed by atoms with Gasteiger partial charge in [-0.1, -0.05) is 24.4 Å². The predicted molar refractivity (Wildman–Crippen MR) is 92.3 cm³/mol. The topological polar surface area (TPSA) is 32.5 Å². The molecule has 1 aliphatic rings. The molecule has 0 saturated carbocycles. The van der Waals surface area contributed by atoms with E-state index in [0.29, 0.717) is 4.99 Å². The maximum atomic E-state index is 5.71. The Morgan fingerprint density at radius 3 is 2.37 bits per heavy atom. The summed E-state index contributed by atoms with van der Waals surface area (Å²) in [6.07, 6.45) is 0. The molecule has 0 aromatic heterocycles. The highest BCUT2D eigenvalue weighted by molar-refractivity contribution is 14.1. The zero-order chi connectivity index (χ0) is 13.8. The number of thiocarbonyl (C=S) groups is 1. The lowest BCUT2D eigenvalue weighted by atomic mass is 10.2. The minimum absolute atomic E-state index is 0.218. The van der Waals surface area contributed by atoms with Crippen molar-refractivity contribution in [2.45, 2.75) is 19.5 Å². The fourth-order valence-electron chi connectivity index (χ4n) is 2.34. The Labute approximate surface area is 134 Å². The van der Waals surface area contributed by atoms with Crippen molar-refractivity contribution in [1.29, 1.82) is 0 Å². The highest BCUT2D eigenvalue weighted by Crippen LogP contribution is 2.12. The maximum absolute atomic E-state index is 5.71. The van der Waals surface area contributed by atoms with E-state index in [9.17, 15) is 0 Å². The van der Waals surface area contributed by atoms with Crippen LogP contribution in [0.2, 0.25) is 0 Å². The lowest BCUT2D eigenvalue weighted by Gasteiger charge is -2.37. The van der Waals surface area contributed by atoms with E-state index in [1.54, 1.807) is 0 Å². The van der Waals surface area contributed by atoms with E-state index in [0.717, 1.165) is 32.7 Å². The molecule has 19 heavy (non-hydrogen) atoms. The summed E-state index contributed by atoms with van der Waals surface area (Å²) in [5.41, 5.74) is 7.10. The molecule has 1 saturated heterocycles. The third-order valence-electron chi connectivity index (χ3n) is 3.69. The molecule has 104 valence electrons. The Balaban J connectivity index is 1.83. The Hall–Kier alpha value is -0.240. The van der Waals surface area contributed by atoms with E-state index in [-0.39, 0.29) is 6.04 Å². The first-order valence-electron chi connectivity index (χ1n) is 6.56. The summed E-state index contributed by atoms with van der Waals surface area (Å²) < 4.78 is 1.29. The molecule has 1 unspecified atom stereocenters. The fraction of sp³-hybridized carbons (Fsp3) is 0.500. The molecule has 0 aliphatic carbocycles. The fourth-order valence-corrected chi connectivity index (χ4v) is 2.85. The first-order valence-corrected chi connectivity index (χ1v) is 8.05. The molecule has 0 spiro atoms. The lowest BCUT2D eigenvalue weighted by molar-refractivity contribution is 0.118. The van der Waals surface area contributed by atoms with Crippen LogP contribution in [-0.4, -0.2) is 47.0 Å². The first-order chi connectivity index (χ1) is 9.06. The van der Waals surface area contributed by atoms with E-state index < -0.39 is 0 Å². The van der Waals surface area contributed by atoms with Gasteiger partial charge in [0.1, 0.15) is 0 Å². The van der Waals surface area contributed by atoms with Crippen LogP contribution in [0.25, 0.3) is 0 Å². The van der Waals surface area contributed by atoms with Crippen LogP contribution >= 0.6 is 34.8 Å². The molecule has 1 aromatic carbocycles. The third kappa shape index (κ3) is 4.37. The molecular weight excluding hydrogens is 369 g/mol. The molecule has 0 bridgehead atoms. The van der Waals surface area contributed by atoms with Crippen molar-refractivity contribution >= 4 is 39.8 Å². The van der Waals surface area contributed by atoms with Gasteiger partial charge in [0.05, 0.1) is 11.0 Å². The zero-order valence-corrected chi connectivity index (χ0v) is 14.2. The normalized spacial score (nSPS) is 19.3. The van der Waals surface area contributed by atoms with E-state index in [1.807, 2.05) is 0 Å². The van der Waals surface area contributed by atoms with Gasteiger partial charge in [0.25, 0.3) is 0 Å². The van der Waals surface area contributed by atoms with Crippen molar-refractivity contribution in [2.24, 2.45) is 5.73 Å². The summed E-state index contributed by atoms with van der Waals surface area (Å²) >= 11 is 7.41. The highest BCUT2D eigenvalue weighted by atomic mass is 127. The minimum atomic E-state index is 0.218. The molecule has 1 aromatic rings. The largest absolute Gasteiger partial charge is 0.392 e. The number of hydrogen-bond acceptors (Lipinski definition) is 3. The zero-order valence-electron chi connectivity index (χ0n) is 11.2. The van der Waals surface area contributed by atoms with Crippen LogP contribution < -0.4 is 5.73 Å². The molecule has 2 N–H and O–H groups in total. The molecule has 1 heterocycles. The first kappa shape index (κ1) is 15.2. The van der Waals surface area contributed by atoms with Gasteiger partial charge in [0, 0.05) is 36.3 Å². The van der Waals surface area contributed by atoms with E-state index >= 15 is 0 Å². The number of piperazine rings is 1. The van der Waals surface area contributed by atoms with Crippen molar-refractivity contribution < 1.29 is 0 Å². The average molecular weight is 389 g/mol. The number of nitrogens with two attached hydrogens (primary N) is 1. The van der Waals surface area contributed by atoms with E-state index in [1.165, 1.54) is 9.13 Å². The Morgan fingerprint density at radius 1 is 1.26 bits per heavy atom. The van der Waals surface area contributed by atoms with Gasteiger partial charge in [-0.3, -0.25) is 9.80 Å². The quantitative estimate of drug-likeness (QED) is 0.632. The number of nitrogens with zero attached hydrogens (tertiary/aromatic N) is 2. The van der Waals surface area contributed by atoms with Gasteiger partial charge in [0.2, 0.25) is 0 Å². The summed E-state index contributed by atoms with van der Waals surface area (Å²) in [4.78, 5) is 5.46. The lowest BCUT2D eigenvalue weighted by Crippen LogP contribution is -2.52. The second kappa shape index (κ2) is 6.97. The van der Waals surface area contributed by atoms with Crippen molar-refractivity contribution in [1.82, 2.24) is 9.80 Å². The van der Waals surface area contributed by atoms with E-state index in [4.69, 9.17) is 18.0 Å². The summed E-state index contributed by atoms with van der Waals surface area (Å²) in [6, 6.07) is 8.98. The van der Waals surface area contributed by atoms with Crippen molar-refractivity contribution in [3.8, 4) is 0 Å². The molecule has 0 amide bonds. The number of halogens is 1. The van der Waals surface area contributed by atoms with Crippen molar-refractivity contribution in [3.63, 3.8) is 0 Å². The number of hydrogen-bond donors (Lipinski definition) is 1. The summed E-state index contributed by atoms with van der Waals surface area (Å²) in [5.74, 6) is 0. The molecule has 1 fully saturated rings. The highest BCUT2D eigenvalue weighted by Gasteiger charge is 2.22. The van der Waals surface area contributed by atoms with Crippen LogP contribution in [0.5, 0.6) is 0 Å². The Morgan fingerprint density at radius 2 is 1.84 bits per heavy atom. The summed E-state index contributed by atoms with van der Waals surface area (Å²) in [6.45, 7) is 7.38. The standard InChI is InChI=1S/C14H20IN3S/c1-11(14(16)19)18-8-6-17(7-9-18)10-12-2-4-13(15)5-3-12/h2-5,11H,6-10H2,1H3,(H2,16,19). The molecular formula is C14H20IN3S. The molecule has 2 rings (SSSR count). The van der Waals surface area contributed by atoms with Crippen molar-refractivity contribution in [2.75, 3.05) is 26.2 Å². The van der Waals surface area contributed by atoms with Gasteiger partial charge in [-0.15, -0.1) is 0 Å². The van der Waals surface area contributed by atoms with Gasteiger partial charge in [0.15, 0.2) is 0 Å². The number of rotatable bonds is 4. The summed E-state index contributed by atoms with van der Waals surface area (Å²) in [7, 11) is 0.